The molecule has 0 unspecified atom stereocenters. The minimum atomic E-state index is -0.455. The summed E-state index contributed by atoms with van der Waals surface area (Å²) < 4.78 is 36.1. The van der Waals surface area contributed by atoms with Crippen molar-refractivity contribution in [3.63, 3.8) is 0 Å². The number of aryl methyl sites for hydroxylation is 3. The third kappa shape index (κ3) is 4.79. The Morgan fingerprint density at radius 3 is 2.10 bits per heavy atom. The summed E-state index contributed by atoms with van der Waals surface area (Å²) in [6.07, 6.45) is 3.66. The van der Waals surface area contributed by atoms with Gasteiger partial charge in [0.05, 0.1) is 63.1 Å². The van der Waals surface area contributed by atoms with Crippen LogP contribution in [0.25, 0.3) is 22.0 Å². The maximum atomic E-state index is 11.9. The van der Waals surface area contributed by atoms with E-state index < -0.39 is 4.92 Å². The molecule has 10 heteroatoms. The van der Waals surface area contributed by atoms with Crippen LogP contribution in [0, 0.1) is 10.1 Å². The topological polar surface area (TPSA) is 102 Å². The number of nitro groups is 1. The van der Waals surface area contributed by atoms with Gasteiger partial charge in [-0.1, -0.05) is 6.92 Å². The van der Waals surface area contributed by atoms with Gasteiger partial charge in [0.2, 0.25) is 5.69 Å². The number of nitrogens with zero attached hydrogens (tertiary/aromatic N) is 2. The first kappa shape index (κ1) is 27.8. The summed E-state index contributed by atoms with van der Waals surface area (Å²) in [6.45, 7) is 2.82. The van der Waals surface area contributed by atoms with Crippen molar-refractivity contribution in [3.05, 3.63) is 69.4 Å². The summed E-state index contributed by atoms with van der Waals surface area (Å²) in [4.78, 5) is 11.4. The molecule has 0 amide bonds. The Morgan fingerprint density at radius 1 is 0.829 bits per heavy atom. The van der Waals surface area contributed by atoms with Gasteiger partial charge in [0, 0.05) is 17.4 Å². The number of pyridine rings is 1. The highest BCUT2D eigenvalue weighted by Gasteiger charge is 2.31. The summed E-state index contributed by atoms with van der Waals surface area (Å²) in [5, 5.41) is 13.7. The minimum absolute atomic E-state index is 0.0742. The summed E-state index contributed by atoms with van der Waals surface area (Å²) in [7, 11) is 7.79. The SMILES string of the molecule is CCc1c2[n+](cc3c(OCc4cc(OC)c(OC)cc4[N+](=O)[O-])c(OC)ccc13)CCc1cc(OC)c(OC)cc1-2. The number of fused-ring (bicyclic) bond motifs is 4. The Hall–Kier alpha value is -4.73. The molecule has 0 saturated carbocycles. The third-order valence-corrected chi connectivity index (χ3v) is 7.56. The number of nitro benzene ring substituents is 1. The predicted octanol–water partition coefficient (Wildman–Crippen LogP) is 5.44. The van der Waals surface area contributed by atoms with Crippen molar-refractivity contribution in [2.45, 2.75) is 32.9 Å². The molecule has 3 aromatic carbocycles. The van der Waals surface area contributed by atoms with Gasteiger partial charge in [0.25, 0.3) is 5.69 Å². The molecule has 0 fully saturated rings. The van der Waals surface area contributed by atoms with Gasteiger partial charge in [-0.05, 0) is 42.3 Å². The van der Waals surface area contributed by atoms with Crippen molar-refractivity contribution in [1.29, 1.82) is 0 Å². The van der Waals surface area contributed by atoms with Crippen LogP contribution in [0.1, 0.15) is 23.6 Å². The van der Waals surface area contributed by atoms with E-state index >= 15 is 0 Å². The van der Waals surface area contributed by atoms with E-state index in [1.54, 1.807) is 27.4 Å². The molecule has 0 saturated heterocycles. The molecule has 4 aromatic rings. The fourth-order valence-corrected chi connectivity index (χ4v) is 5.59. The van der Waals surface area contributed by atoms with Gasteiger partial charge >= 0.3 is 0 Å². The fraction of sp³-hybridized carbons (Fsp3) is 0.323. The maximum absolute atomic E-state index is 11.9. The molecule has 1 aliphatic rings. The van der Waals surface area contributed by atoms with Gasteiger partial charge in [-0.25, -0.2) is 0 Å². The van der Waals surface area contributed by atoms with Crippen LogP contribution in [0.5, 0.6) is 34.5 Å². The second kappa shape index (κ2) is 11.4. The van der Waals surface area contributed by atoms with Crippen molar-refractivity contribution in [2.75, 3.05) is 35.5 Å². The van der Waals surface area contributed by atoms with Crippen LogP contribution in [-0.2, 0) is 26.0 Å². The molecular formula is C31H33N2O8+. The van der Waals surface area contributed by atoms with Gasteiger partial charge in [-0.3, -0.25) is 10.1 Å². The van der Waals surface area contributed by atoms with Crippen LogP contribution in [0.3, 0.4) is 0 Å². The highest BCUT2D eigenvalue weighted by Crippen LogP contribution is 2.43. The summed E-state index contributed by atoms with van der Waals surface area (Å²) >= 11 is 0. The average molecular weight is 562 g/mol. The maximum Gasteiger partial charge on any atom is 0.280 e. The molecule has 0 radical (unpaired) electrons. The molecular weight excluding hydrogens is 528 g/mol. The predicted molar refractivity (Wildman–Crippen MR) is 153 cm³/mol. The molecule has 0 spiro atoms. The lowest BCUT2D eigenvalue weighted by Crippen LogP contribution is -2.41. The van der Waals surface area contributed by atoms with Gasteiger partial charge in [-0.15, -0.1) is 0 Å². The lowest BCUT2D eigenvalue weighted by atomic mass is 9.90. The largest absolute Gasteiger partial charge is 0.493 e. The Kier molecular flexibility index (Phi) is 7.74. The molecule has 0 aliphatic carbocycles. The van der Waals surface area contributed by atoms with Gasteiger partial charge in [-0.2, -0.15) is 4.57 Å². The lowest BCUT2D eigenvalue weighted by Gasteiger charge is -2.22. The van der Waals surface area contributed by atoms with Crippen molar-refractivity contribution in [2.24, 2.45) is 0 Å². The van der Waals surface area contributed by atoms with E-state index in [-0.39, 0.29) is 18.0 Å². The fourth-order valence-electron chi connectivity index (χ4n) is 5.59. The van der Waals surface area contributed by atoms with Crippen LogP contribution in [0.2, 0.25) is 0 Å². The summed E-state index contributed by atoms with van der Waals surface area (Å²) in [6, 6.07) is 10.9. The quantitative estimate of drug-likeness (QED) is 0.143. The zero-order valence-electron chi connectivity index (χ0n) is 24.0. The third-order valence-electron chi connectivity index (χ3n) is 7.56. The molecule has 41 heavy (non-hydrogen) atoms. The number of hydrogen-bond acceptors (Lipinski definition) is 8. The normalized spacial score (nSPS) is 11.9. The van der Waals surface area contributed by atoms with Crippen molar-refractivity contribution in [1.82, 2.24) is 0 Å². The number of hydrogen-bond donors (Lipinski definition) is 0. The van der Waals surface area contributed by atoms with Crippen LogP contribution in [0.15, 0.2) is 42.6 Å². The van der Waals surface area contributed by atoms with Gasteiger partial charge < -0.3 is 28.4 Å². The number of benzene rings is 3. The Bertz CT molecular complexity index is 1650. The first-order valence-corrected chi connectivity index (χ1v) is 13.2. The van der Waals surface area contributed by atoms with Crippen LogP contribution >= 0.6 is 0 Å². The molecule has 5 rings (SSSR count). The molecule has 0 bridgehead atoms. The van der Waals surface area contributed by atoms with Crippen LogP contribution in [0.4, 0.5) is 5.69 Å². The highest BCUT2D eigenvalue weighted by molar-refractivity contribution is 5.95. The standard InChI is InChI=1S/C31H33N2O8/c1-7-20-21-8-9-25(36-2)31(41-17-19-13-27(38-4)29(40-6)15-24(19)33(34)35)23(21)16-32-11-10-18-12-26(37-3)28(39-5)14-22(18)30(20)32/h8-9,12-16H,7,10-11,17H2,1-6H3/q+1. The van der Waals surface area contributed by atoms with E-state index in [1.807, 2.05) is 18.2 Å². The highest BCUT2D eigenvalue weighted by atomic mass is 16.6. The van der Waals surface area contributed by atoms with E-state index in [2.05, 4.69) is 23.8 Å². The second-order valence-corrected chi connectivity index (χ2v) is 9.56. The van der Waals surface area contributed by atoms with E-state index in [0.29, 0.717) is 34.3 Å². The van der Waals surface area contributed by atoms with E-state index in [0.717, 1.165) is 47.0 Å². The van der Waals surface area contributed by atoms with Crippen LogP contribution < -0.4 is 33.0 Å². The van der Waals surface area contributed by atoms with E-state index in [9.17, 15) is 10.1 Å². The van der Waals surface area contributed by atoms with Crippen LogP contribution in [-0.4, -0.2) is 40.5 Å². The van der Waals surface area contributed by atoms with E-state index in [4.69, 9.17) is 28.4 Å². The molecule has 0 N–H and O–H groups in total. The second-order valence-electron chi connectivity index (χ2n) is 9.56. The number of methoxy groups -OCH3 is 5. The molecule has 1 aliphatic heterocycles. The summed E-state index contributed by atoms with van der Waals surface area (Å²) in [5.41, 5.74) is 4.80. The molecule has 1 aromatic heterocycles. The molecule has 2 heterocycles. The summed E-state index contributed by atoms with van der Waals surface area (Å²) in [5.74, 6) is 3.09. The first-order chi connectivity index (χ1) is 19.9. The molecule has 214 valence electrons. The number of rotatable bonds is 10. The smallest absolute Gasteiger partial charge is 0.280 e. The Labute approximate surface area is 238 Å². The molecule has 0 atom stereocenters. The van der Waals surface area contributed by atoms with Crippen molar-refractivity contribution >= 4 is 16.5 Å². The lowest BCUT2D eigenvalue weighted by molar-refractivity contribution is -0.686. The van der Waals surface area contributed by atoms with Gasteiger partial charge in [0.1, 0.15) is 6.61 Å². The zero-order chi connectivity index (χ0) is 29.3. The molecule has 10 nitrogen and oxygen atoms in total. The first-order valence-electron chi connectivity index (χ1n) is 13.2. The average Bonchev–Trinajstić information content (AvgIpc) is 3.00. The van der Waals surface area contributed by atoms with E-state index in [1.165, 1.54) is 25.8 Å². The van der Waals surface area contributed by atoms with Gasteiger partial charge in [0.15, 0.2) is 47.2 Å². The minimum Gasteiger partial charge on any atom is -0.493 e. The monoisotopic (exact) mass is 561 g/mol. The Morgan fingerprint density at radius 2 is 1.46 bits per heavy atom. The van der Waals surface area contributed by atoms with Crippen molar-refractivity contribution < 1.29 is 37.9 Å². The number of ether oxygens (including phenoxy) is 6. The zero-order valence-corrected chi connectivity index (χ0v) is 24.0. The van der Waals surface area contributed by atoms with Crippen molar-refractivity contribution in [3.8, 4) is 45.8 Å². The Balaban J connectivity index is 1.66. The number of aromatic nitrogens is 1.